The third-order valence-electron chi connectivity index (χ3n) is 4.37. The molecule has 148 valence electrons. The van der Waals surface area contributed by atoms with Crippen LogP contribution in [-0.4, -0.2) is 29.8 Å². The average Bonchev–Trinajstić information content (AvgIpc) is 3.41. The van der Waals surface area contributed by atoms with E-state index in [0.29, 0.717) is 27.7 Å². The molecule has 1 amide bonds. The lowest BCUT2D eigenvalue weighted by atomic mass is 10.2. The normalized spacial score (nSPS) is 15.6. The number of carbonyl (C=O) groups is 1. The van der Waals surface area contributed by atoms with Crippen LogP contribution in [0.5, 0.6) is 0 Å². The molecule has 2 N–H and O–H groups in total. The minimum Gasteiger partial charge on any atom is -0.395 e. The van der Waals surface area contributed by atoms with Crippen molar-refractivity contribution in [2.75, 3.05) is 11.9 Å². The molecule has 0 radical (unpaired) electrons. The highest BCUT2D eigenvalue weighted by atomic mass is 32.1. The maximum Gasteiger partial charge on any atom is 0.430 e. The van der Waals surface area contributed by atoms with Gasteiger partial charge in [0.05, 0.1) is 16.9 Å². The van der Waals surface area contributed by atoms with Gasteiger partial charge in [-0.05, 0) is 50.1 Å². The number of anilines is 1. The van der Waals surface area contributed by atoms with Crippen molar-refractivity contribution in [2.24, 2.45) is 16.6 Å². The van der Waals surface area contributed by atoms with E-state index in [2.05, 4.69) is 9.98 Å². The van der Waals surface area contributed by atoms with Crippen LogP contribution in [0.1, 0.15) is 28.2 Å². The van der Waals surface area contributed by atoms with Gasteiger partial charge in [-0.15, -0.1) is 11.3 Å². The number of hydrogen-bond donors (Lipinski definition) is 1. The Morgan fingerprint density at radius 1 is 1.32 bits per heavy atom. The van der Waals surface area contributed by atoms with Gasteiger partial charge in [0.15, 0.2) is 0 Å². The van der Waals surface area contributed by atoms with E-state index in [1.165, 1.54) is 16.2 Å². The number of amides is 1. The summed E-state index contributed by atoms with van der Waals surface area (Å²) in [5.41, 5.74) is 7.75. The number of aromatic nitrogens is 1. The van der Waals surface area contributed by atoms with E-state index in [9.17, 15) is 18.0 Å². The minimum absolute atomic E-state index is 0.000804. The van der Waals surface area contributed by atoms with Crippen molar-refractivity contribution >= 4 is 34.3 Å². The van der Waals surface area contributed by atoms with Crippen molar-refractivity contribution in [1.82, 2.24) is 4.98 Å². The second-order valence-corrected chi connectivity index (χ2v) is 7.41. The first-order valence-electron chi connectivity index (χ1n) is 8.58. The maximum absolute atomic E-state index is 12.7. The van der Waals surface area contributed by atoms with E-state index in [1.807, 2.05) is 0 Å². The number of nitrogens with zero attached hydrogens (tertiary/aromatic N) is 3. The highest BCUT2D eigenvalue weighted by molar-refractivity contribution is 7.12. The second kappa shape index (κ2) is 7.75. The van der Waals surface area contributed by atoms with Crippen LogP contribution in [0.3, 0.4) is 0 Å². The lowest BCUT2D eigenvalue weighted by molar-refractivity contribution is -0.0925. The summed E-state index contributed by atoms with van der Waals surface area (Å²) in [4.78, 5) is 23.0. The zero-order chi connectivity index (χ0) is 20.5. The fourth-order valence-corrected chi connectivity index (χ4v) is 3.32. The number of rotatable bonds is 5. The van der Waals surface area contributed by atoms with Crippen molar-refractivity contribution in [3.63, 3.8) is 0 Å². The molecule has 0 bridgehead atoms. The van der Waals surface area contributed by atoms with Crippen LogP contribution >= 0.6 is 11.3 Å². The van der Waals surface area contributed by atoms with E-state index < -0.39 is 11.9 Å². The molecule has 0 atom stereocenters. The largest absolute Gasteiger partial charge is 0.430 e. The van der Waals surface area contributed by atoms with Crippen LogP contribution in [0.15, 0.2) is 46.5 Å². The first kappa shape index (κ1) is 20.1. The second-order valence-electron chi connectivity index (χ2n) is 6.56. The van der Waals surface area contributed by atoms with Crippen molar-refractivity contribution in [3.05, 3.63) is 52.1 Å². The molecular formula is C19H19F3N4OS. The molecular weight excluding hydrogens is 389 g/mol. The standard InChI is InChI=1S/C19H19F3N4OS/c1-11-17(28-10-24-11)18(27)26(2)14-7-5-13(6-8-14)25-15(12-3-4-12)9-16(23)19(20,21)22/h5-10,12H,3-4,23H2,1-2H3. The maximum atomic E-state index is 12.7. The Hall–Kier alpha value is -2.68. The van der Waals surface area contributed by atoms with Gasteiger partial charge in [0.25, 0.3) is 5.91 Å². The van der Waals surface area contributed by atoms with E-state index >= 15 is 0 Å². The number of benzene rings is 1. The molecule has 1 fully saturated rings. The van der Waals surface area contributed by atoms with Crippen LogP contribution in [-0.2, 0) is 0 Å². The van der Waals surface area contributed by atoms with E-state index in [4.69, 9.17) is 5.73 Å². The molecule has 28 heavy (non-hydrogen) atoms. The Bertz CT molecular complexity index is 927. The van der Waals surface area contributed by atoms with Gasteiger partial charge in [0, 0.05) is 24.4 Å². The third kappa shape index (κ3) is 4.59. The molecule has 1 aromatic heterocycles. The molecule has 0 unspecified atom stereocenters. The first-order chi connectivity index (χ1) is 13.2. The molecule has 9 heteroatoms. The Labute approximate surface area is 164 Å². The Kier molecular flexibility index (Phi) is 5.55. The summed E-state index contributed by atoms with van der Waals surface area (Å²) in [7, 11) is 1.65. The molecule has 5 nitrogen and oxygen atoms in total. The van der Waals surface area contributed by atoms with Crippen LogP contribution in [0.25, 0.3) is 0 Å². The zero-order valence-corrected chi connectivity index (χ0v) is 16.1. The van der Waals surface area contributed by atoms with Crippen molar-refractivity contribution in [2.45, 2.75) is 25.9 Å². The molecule has 3 rings (SSSR count). The van der Waals surface area contributed by atoms with E-state index in [-0.39, 0.29) is 11.8 Å². The van der Waals surface area contributed by atoms with Crippen LogP contribution in [0.2, 0.25) is 0 Å². The van der Waals surface area contributed by atoms with E-state index in [0.717, 1.165) is 18.9 Å². The van der Waals surface area contributed by atoms with Crippen LogP contribution < -0.4 is 10.6 Å². The summed E-state index contributed by atoms with van der Waals surface area (Å²) >= 11 is 1.28. The Morgan fingerprint density at radius 3 is 2.46 bits per heavy atom. The molecule has 1 heterocycles. The summed E-state index contributed by atoms with van der Waals surface area (Å²) < 4.78 is 38.1. The van der Waals surface area contributed by atoms with Crippen LogP contribution in [0.4, 0.5) is 24.5 Å². The Morgan fingerprint density at radius 2 is 1.96 bits per heavy atom. The molecule has 2 aromatic rings. The number of halogens is 3. The summed E-state index contributed by atoms with van der Waals surface area (Å²) in [5.74, 6) is -0.171. The quantitative estimate of drug-likeness (QED) is 0.734. The molecule has 0 spiro atoms. The van der Waals surface area contributed by atoms with Gasteiger partial charge < -0.3 is 10.6 Å². The predicted octanol–water partition coefficient (Wildman–Crippen LogP) is 4.62. The fraction of sp³-hybridized carbons (Fsp3) is 0.316. The number of hydrogen-bond acceptors (Lipinski definition) is 5. The van der Waals surface area contributed by atoms with Gasteiger partial charge >= 0.3 is 6.18 Å². The van der Waals surface area contributed by atoms with Gasteiger partial charge in [-0.3, -0.25) is 9.79 Å². The number of thiazole rings is 1. The highest BCUT2D eigenvalue weighted by Gasteiger charge is 2.34. The first-order valence-corrected chi connectivity index (χ1v) is 9.46. The van der Waals surface area contributed by atoms with Gasteiger partial charge in [-0.1, -0.05) is 0 Å². The number of allylic oxidation sites excluding steroid dienone is 2. The number of carbonyl (C=O) groups excluding carboxylic acids is 1. The third-order valence-corrected chi connectivity index (χ3v) is 5.28. The molecule has 0 saturated heterocycles. The topological polar surface area (TPSA) is 71.6 Å². The zero-order valence-electron chi connectivity index (χ0n) is 15.3. The van der Waals surface area contributed by atoms with Gasteiger partial charge in [-0.25, -0.2) is 4.98 Å². The molecule has 1 aliphatic carbocycles. The summed E-state index contributed by atoms with van der Waals surface area (Å²) in [6.45, 7) is 1.77. The number of aryl methyl sites for hydroxylation is 1. The summed E-state index contributed by atoms with van der Waals surface area (Å²) in [5, 5.41) is 0. The average molecular weight is 408 g/mol. The SMILES string of the molecule is Cc1ncsc1C(=O)N(C)c1ccc(N=C(C=C(N)C(F)(F)F)C2CC2)cc1. The summed E-state index contributed by atoms with van der Waals surface area (Å²) in [6.07, 6.45) is -2.07. The lowest BCUT2D eigenvalue weighted by Gasteiger charge is -2.17. The fourth-order valence-electron chi connectivity index (χ4n) is 2.54. The Balaban J connectivity index is 1.80. The molecule has 1 aliphatic rings. The van der Waals surface area contributed by atoms with Crippen LogP contribution in [0, 0.1) is 12.8 Å². The highest BCUT2D eigenvalue weighted by Crippen LogP contribution is 2.34. The van der Waals surface area contributed by atoms with Crippen molar-refractivity contribution in [3.8, 4) is 0 Å². The van der Waals surface area contributed by atoms with Gasteiger partial charge in [-0.2, -0.15) is 13.2 Å². The lowest BCUT2D eigenvalue weighted by Crippen LogP contribution is -2.25. The van der Waals surface area contributed by atoms with Gasteiger partial charge in [0.2, 0.25) is 0 Å². The predicted molar refractivity (Wildman–Crippen MR) is 104 cm³/mol. The summed E-state index contributed by atoms with van der Waals surface area (Å²) in [6, 6.07) is 6.74. The molecule has 1 saturated carbocycles. The van der Waals surface area contributed by atoms with Crippen molar-refractivity contribution in [1.29, 1.82) is 0 Å². The van der Waals surface area contributed by atoms with Crippen molar-refractivity contribution < 1.29 is 18.0 Å². The smallest absolute Gasteiger partial charge is 0.395 e. The number of alkyl halides is 3. The minimum atomic E-state index is -4.57. The van der Waals surface area contributed by atoms with Gasteiger partial charge in [0.1, 0.15) is 10.6 Å². The monoisotopic (exact) mass is 408 g/mol. The molecule has 0 aliphatic heterocycles. The van der Waals surface area contributed by atoms with E-state index in [1.54, 1.807) is 43.7 Å². The number of aliphatic imine (C=N–C) groups is 1. The number of nitrogens with two attached hydrogens (primary N) is 1. The molecule has 1 aromatic carbocycles.